The number of hydrogen-bond donors (Lipinski definition) is 0. The maximum atomic E-state index is 12.9. The monoisotopic (exact) mass is 314 g/mol. The van der Waals surface area contributed by atoms with Gasteiger partial charge >= 0.3 is 6.18 Å². The second-order valence-corrected chi connectivity index (χ2v) is 5.64. The third-order valence-corrected chi connectivity index (χ3v) is 3.71. The van der Waals surface area contributed by atoms with Crippen LogP contribution >= 0.6 is 0 Å². The van der Waals surface area contributed by atoms with Gasteiger partial charge in [-0.25, -0.2) is 4.98 Å². The number of nitrogens with zero attached hydrogens (tertiary/aromatic N) is 4. The smallest absolute Gasteiger partial charge is 0.365 e. The van der Waals surface area contributed by atoms with Crippen LogP contribution in [-0.4, -0.2) is 46.6 Å². The minimum Gasteiger partial charge on any atom is -0.365 e. The van der Waals surface area contributed by atoms with Crippen molar-refractivity contribution in [2.24, 2.45) is 0 Å². The highest BCUT2D eigenvalue weighted by atomic mass is 19.4. The lowest BCUT2D eigenvalue weighted by Gasteiger charge is -2.35. The minimum absolute atomic E-state index is 0.0340. The van der Waals surface area contributed by atoms with E-state index in [1.54, 1.807) is 21.7 Å². The lowest BCUT2D eigenvalue weighted by Crippen LogP contribution is -2.49. The molecular formula is C14H17F3N4O. The van der Waals surface area contributed by atoms with Crippen LogP contribution in [-0.2, 0) is 4.74 Å². The molecule has 1 atom stereocenters. The maximum absolute atomic E-state index is 12.9. The molecule has 0 bridgehead atoms. The molecule has 1 aliphatic rings. The standard InChI is InChI=1S/C14H17F3N4O/c1-9(2)10-7-13(21-12(19-10)3-4-18-21)20-5-6-22-11(8-20)14(15,16)17/h3-4,7,9,11H,5-6,8H2,1-2H3. The molecule has 0 spiro atoms. The fourth-order valence-electron chi connectivity index (χ4n) is 2.49. The molecule has 2 aromatic rings. The molecule has 22 heavy (non-hydrogen) atoms. The first-order valence-corrected chi connectivity index (χ1v) is 7.14. The van der Waals surface area contributed by atoms with Crippen LogP contribution in [0, 0.1) is 0 Å². The molecule has 1 unspecified atom stereocenters. The van der Waals surface area contributed by atoms with Crippen molar-refractivity contribution in [2.75, 3.05) is 24.6 Å². The summed E-state index contributed by atoms with van der Waals surface area (Å²) in [6.45, 7) is 4.18. The molecule has 2 aromatic heterocycles. The van der Waals surface area contributed by atoms with Gasteiger partial charge in [0.05, 0.1) is 19.3 Å². The molecule has 1 saturated heterocycles. The Kier molecular flexibility index (Phi) is 3.72. The fraction of sp³-hybridized carbons (Fsp3) is 0.571. The summed E-state index contributed by atoms with van der Waals surface area (Å²) in [5.41, 5.74) is 1.47. The Morgan fingerprint density at radius 2 is 2.14 bits per heavy atom. The first-order chi connectivity index (χ1) is 10.4. The van der Waals surface area contributed by atoms with E-state index in [-0.39, 0.29) is 19.1 Å². The van der Waals surface area contributed by atoms with Gasteiger partial charge < -0.3 is 9.64 Å². The average molecular weight is 314 g/mol. The van der Waals surface area contributed by atoms with Gasteiger partial charge in [-0.15, -0.1) is 0 Å². The van der Waals surface area contributed by atoms with Crippen molar-refractivity contribution in [2.45, 2.75) is 32.0 Å². The molecule has 0 radical (unpaired) electrons. The lowest BCUT2D eigenvalue weighted by atomic mass is 10.1. The van der Waals surface area contributed by atoms with Crippen LogP contribution in [0.4, 0.5) is 19.0 Å². The molecule has 0 aromatic carbocycles. The number of hydrogen-bond acceptors (Lipinski definition) is 4. The fourth-order valence-corrected chi connectivity index (χ4v) is 2.49. The molecule has 0 N–H and O–H groups in total. The number of anilines is 1. The molecule has 3 rings (SSSR count). The van der Waals surface area contributed by atoms with Crippen molar-refractivity contribution in [1.29, 1.82) is 0 Å². The van der Waals surface area contributed by atoms with Gasteiger partial charge in [-0.05, 0) is 5.92 Å². The summed E-state index contributed by atoms with van der Waals surface area (Å²) >= 11 is 0. The quantitative estimate of drug-likeness (QED) is 0.854. The molecule has 5 nitrogen and oxygen atoms in total. The van der Waals surface area contributed by atoms with Crippen LogP contribution in [0.3, 0.4) is 0 Å². The number of morpholine rings is 1. The van der Waals surface area contributed by atoms with Gasteiger partial charge in [0.2, 0.25) is 0 Å². The number of halogens is 3. The van der Waals surface area contributed by atoms with Crippen molar-refractivity contribution in [3.63, 3.8) is 0 Å². The van der Waals surface area contributed by atoms with Crippen LogP contribution in [0.5, 0.6) is 0 Å². The van der Waals surface area contributed by atoms with E-state index in [0.717, 1.165) is 5.69 Å². The summed E-state index contributed by atoms with van der Waals surface area (Å²) in [5, 5.41) is 4.17. The second kappa shape index (κ2) is 5.42. The van der Waals surface area contributed by atoms with Gasteiger partial charge in [0.25, 0.3) is 0 Å². The van der Waals surface area contributed by atoms with E-state index >= 15 is 0 Å². The summed E-state index contributed by atoms with van der Waals surface area (Å²) < 4.78 is 45.1. The molecule has 120 valence electrons. The predicted octanol–water partition coefficient (Wildman–Crippen LogP) is 2.62. The topological polar surface area (TPSA) is 42.7 Å². The number of fused-ring (bicyclic) bond motifs is 1. The highest BCUT2D eigenvalue weighted by Gasteiger charge is 2.43. The highest BCUT2D eigenvalue weighted by Crippen LogP contribution is 2.29. The van der Waals surface area contributed by atoms with E-state index in [9.17, 15) is 13.2 Å². The van der Waals surface area contributed by atoms with Gasteiger partial charge in [0, 0.05) is 24.4 Å². The van der Waals surface area contributed by atoms with E-state index in [4.69, 9.17) is 4.74 Å². The lowest BCUT2D eigenvalue weighted by molar-refractivity contribution is -0.221. The van der Waals surface area contributed by atoms with Crippen LogP contribution in [0.1, 0.15) is 25.5 Å². The summed E-state index contributed by atoms with van der Waals surface area (Å²) in [7, 11) is 0. The summed E-state index contributed by atoms with van der Waals surface area (Å²) in [4.78, 5) is 6.14. The Hall–Kier alpha value is -1.83. The van der Waals surface area contributed by atoms with Crippen LogP contribution in [0.2, 0.25) is 0 Å². The van der Waals surface area contributed by atoms with Crippen molar-refractivity contribution >= 4 is 11.5 Å². The predicted molar refractivity (Wildman–Crippen MR) is 75.1 cm³/mol. The zero-order valence-corrected chi connectivity index (χ0v) is 12.3. The first-order valence-electron chi connectivity index (χ1n) is 7.14. The van der Waals surface area contributed by atoms with Gasteiger partial charge in [-0.3, -0.25) is 0 Å². The van der Waals surface area contributed by atoms with Crippen molar-refractivity contribution in [3.8, 4) is 0 Å². The molecule has 8 heteroatoms. The van der Waals surface area contributed by atoms with Gasteiger partial charge in [-0.1, -0.05) is 13.8 Å². The number of alkyl halides is 3. The van der Waals surface area contributed by atoms with Gasteiger partial charge in [0.15, 0.2) is 11.8 Å². The van der Waals surface area contributed by atoms with Crippen LogP contribution in [0.15, 0.2) is 18.3 Å². The zero-order valence-electron chi connectivity index (χ0n) is 12.3. The number of aromatic nitrogens is 3. The third-order valence-electron chi connectivity index (χ3n) is 3.71. The Bertz CT molecular complexity index is 668. The van der Waals surface area contributed by atoms with Crippen molar-refractivity contribution in [3.05, 3.63) is 24.0 Å². The minimum atomic E-state index is -4.37. The molecule has 1 aliphatic heterocycles. The summed E-state index contributed by atoms with van der Waals surface area (Å²) in [6, 6.07) is 3.56. The molecular weight excluding hydrogens is 297 g/mol. The van der Waals surface area contributed by atoms with Crippen molar-refractivity contribution in [1.82, 2.24) is 14.6 Å². The molecule has 3 heterocycles. The van der Waals surface area contributed by atoms with Crippen molar-refractivity contribution < 1.29 is 17.9 Å². The number of ether oxygens (including phenoxy) is 1. The van der Waals surface area contributed by atoms with E-state index in [0.29, 0.717) is 18.0 Å². The average Bonchev–Trinajstić information content (AvgIpc) is 2.93. The maximum Gasteiger partial charge on any atom is 0.416 e. The highest BCUT2D eigenvalue weighted by molar-refractivity contribution is 5.51. The Balaban J connectivity index is 1.99. The Morgan fingerprint density at radius 3 is 2.82 bits per heavy atom. The number of rotatable bonds is 2. The SMILES string of the molecule is CC(C)c1cc(N2CCOC(C(F)(F)F)C2)n2nccc2n1. The Morgan fingerprint density at radius 1 is 1.36 bits per heavy atom. The molecule has 1 fully saturated rings. The Labute approximate surface area is 125 Å². The van der Waals surface area contributed by atoms with E-state index < -0.39 is 12.3 Å². The normalized spacial score (nSPS) is 20.1. The van der Waals surface area contributed by atoms with E-state index in [1.807, 2.05) is 19.9 Å². The van der Waals surface area contributed by atoms with Gasteiger partial charge in [0.1, 0.15) is 5.82 Å². The first kappa shape index (κ1) is 15.1. The molecule has 0 amide bonds. The zero-order chi connectivity index (χ0) is 15.9. The largest absolute Gasteiger partial charge is 0.416 e. The summed E-state index contributed by atoms with van der Waals surface area (Å²) in [5.74, 6) is 0.800. The molecule has 0 saturated carbocycles. The summed E-state index contributed by atoms with van der Waals surface area (Å²) in [6.07, 6.45) is -4.55. The third kappa shape index (κ3) is 2.75. The van der Waals surface area contributed by atoms with E-state index in [1.165, 1.54) is 0 Å². The van der Waals surface area contributed by atoms with Gasteiger partial charge in [-0.2, -0.15) is 22.8 Å². The van der Waals surface area contributed by atoms with Crippen LogP contribution < -0.4 is 4.90 Å². The second-order valence-electron chi connectivity index (χ2n) is 5.64. The molecule has 0 aliphatic carbocycles. The van der Waals surface area contributed by atoms with Crippen LogP contribution in [0.25, 0.3) is 5.65 Å². The van der Waals surface area contributed by atoms with E-state index in [2.05, 4.69) is 10.1 Å².